The monoisotopic (exact) mass is 285 g/mol. The van der Waals surface area contributed by atoms with Gasteiger partial charge in [0.05, 0.1) is 12.7 Å². The van der Waals surface area contributed by atoms with Crippen LogP contribution < -0.4 is 10.1 Å². The van der Waals surface area contributed by atoms with E-state index in [4.69, 9.17) is 4.74 Å². The van der Waals surface area contributed by atoms with Gasteiger partial charge in [-0.2, -0.15) is 0 Å². The number of nitrogens with one attached hydrogen (secondary N) is 1. The van der Waals surface area contributed by atoms with Crippen molar-refractivity contribution >= 4 is 0 Å². The average molecular weight is 285 g/mol. The molecule has 0 bridgehead atoms. The lowest BCUT2D eigenvalue weighted by Gasteiger charge is -2.14. The van der Waals surface area contributed by atoms with Gasteiger partial charge in [-0.3, -0.25) is 0 Å². The molecule has 0 heterocycles. The van der Waals surface area contributed by atoms with E-state index in [-0.39, 0.29) is 0 Å². The van der Waals surface area contributed by atoms with Crippen LogP contribution in [0.1, 0.15) is 29.7 Å². The van der Waals surface area contributed by atoms with Crippen molar-refractivity contribution in [3.8, 4) is 5.75 Å². The average Bonchev–Trinajstić information content (AvgIpc) is 2.48. The highest BCUT2D eigenvalue weighted by atomic mass is 16.5. The fourth-order valence-corrected chi connectivity index (χ4v) is 2.34. The van der Waals surface area contributed by atoms with Crippen molar-refractivity contribution in [2.24, 2.45) is 0 Å². The maximum absolute atomic E-state index is 10.2. The third-order valence-corrected chi connectivity index (χ3v) is 3.42. The Morgan fingerprint density at radius 1 is 1.14 bits per heavy atom. The number of aliphatic hydroxyl groups is 1. The van der Waals surface area contributed by atoms with Crippen molar-refractivity contribution in [1.82, 2.24) is 5.32 Å². The quantitative estimate of drug-likeness (QED) is 0.820. The van der Waals surface area contributed by atoms with E-state index in [0.29, 0.717) is 19.7 Å². The lowest BCUT2D eigenvalue weighted by atomic mass is 10.0. The Morgan fingerprint density at radius 3 is 2.71 bits per heavy atom. The molecule has 0 spiro atoms. The SMILES string of the molecule is CCOc1cccc(CNCC(O)c2ccccc2C)c1. The van der Waals surface area contributed by atoms with E-state index in [1.807, 2.05) is 56.3 Å². The smallest absolute Gasteiger partial charge is 0.119 e. The van der Waals surface area contributed by atoms with Gasteiger partial charge in [-0.15, -0.1) is 0 Å². The highest BCUT2D eigenvalue weighted by Crippen LogP contribution is 2.17. The van der Waals surface area contributed by atoms with Crippen molar-refractivity contribution < 1.29 is 9.84 Å². The highest BCUT2D eigenvalue weighted by Gasteiger charge is 2.09. The first kappa shape index (κ1) is 15.5. The summed E-state index contributed by atoms with van der Waals surface area (Å²) in [5.74, 6) is 0.885. The van der Waals surface area contributed by atoms with Gasteiger partial charge >= 0.3 is 0 Å². The Labute approximate surface area is 126 Å². The molecule has 0 saturated heterocycles. The van der Waals surface area contributed by atoms with Crippen LogP contribution in [-0.4, -0.2) is 18.3 Å². The Balaban J connectivity index is 1.86. The summed E-state index contributed by atoms with van der Waals surface area (Å²) in [6.07, 6.45) is -0.485. The summed E-state index contributed by atoms with van der Waals surface area (Å²) in [5, 5.41) is 13.5. The van der Waals surface area contributed by atoms with Crippen LogP contribution in [-0.2, 0) is 6.54 Å². The Bertz CT molecular complexity index is 569. The van der Waals surface area contributed by atoms with Gasteiger partial charge < -0.3 is 15.2 Å². The first-order chi connectivity index (χ1) is 10.2. The standard InChI is InChI=1S/C18H23NO2/c1-3-21-16-9-6-8-15(11-16)12-19-13-18(20)17-10-5-4-7-14(17)2/h4-11,18-20H,3,12-13H2,1-2H3. The van der Waals surface area contributed by atoms with E-state index in [9.17, 15) is 5.11 Å². The molecule has 2 aromatic rings. The third-order valence-electron chi connectivity index (χ3n) is 3.42. The topological polar surface area (TPSA) is 41.5 Å². The van der Waals surface area contributed by atoms with E-state index in [2.05, 4.69) is 11.4 Å². The van der Waals surface area contributed by atoms with Crippen molar-refractivity contribution in [3.63, 3.8) is 0 Å². The molecule has 0 saturated carbocycles. The second kappa shape index (κ2) is 7.81. The molecule has 2 rings (SSSR count). The van der Waals surface area contributed by atoms with Crippen LogP contribution in [0.5, 0.6) is 5.75 Å². The molecule has 0 aliphatic rings. The predicted molar refractivity (Wildman–Crippen MR) is 85.5 cm³/mol. The number of aliphatic hydroxyl groups excluding tert-OH is 1. The number of aryl methyl sites for hydroxylation is 1. The molecule has 2 N–H and O–H groups in total. The van der Waals surface area contributed by atoms with Gasteiger partial charge in [-0.1, -0.05) is 36.4 Å². The fraction of sp³-hybridized carbons (Fsp3) is 0.333. The van der Waals surface area contributed by atoms with E-state index >= 15 is 0 Å². The van der Waals surface area contributed by atoms with Gasteiger partial charge in [-0.05, 0) is 42.7 Å². The molecule has 0 amide bonds. The zero-order valence-electron chi connectivity index (χ0n) is 12.7. The minimum atomic E-state index is -0.485. The second-order valence-electron chi connectivity index (χ2n) is 5.08. The normalized spacial score (nSPS) is 12.1. The minimum absolute atomic E-state index is 0.485. The van der Waals surface area contributed by atoms with E-state index in [1.165, 1.54) is 0 Å². The maximum atomic E-state index is 10.2. The summed E-state index contributed by atoms with van der Waals surface area (Å²) in [5.41, 5.74) is 3.25. The number of rotatable bonds is 7. The van der Waals surface area contributed by atoms with Gasteiger partial charge in [0.2, 0.25) is 0 Å². The van der Waals surface area contributed by atoms with E-state index in [0.717, 1.165) is 22.4 Å². The Hall–Kier alpha value is -1.84. The lowest BCUT2D eigenvalue weighted by Crippen LogP contribution is -2.21. The molecule has 0 aromatic heterocycles. The van der Waals surface area contributed by atoms with Crippen molar-refractivity contribution in [2.75, 3.05) is 13.2 Å². The van der Waals surface area contributed by atoms with Gasteiger partial charge in [0, 0.05) is 13.1 Å². The van der Waals surface area contributed by atoms with Crippen molar-refractivity contribution in [3.05, 3.63) is 65.2 Å². The number of benzene rings is 2. The van der Waals surface area contributed by atoms with Gasteiger partial charge in [0.1, 0.15) is 5.75 Å². The predicted octanol–water partition coefficient (Wildman–Crippen LogP) is 3.22. The highest BCUT2D eigenvalue weighted by molar-refractivity contribution is 5.29. The van der Waals surface area contributed by atoms with E-state index < -0.39 is 6.10 Å². The molecule has 1 atom stereocenters. The Morgan fingerprint density at radius 2 is 1.95 bits per heavy atom. The summed E-state index contributed by atoms with van der Waals surface area (Å²) in [6.45, 7) is 5.91. The second-order valence-corrected chi connectivity index (χ2v) is 5.08. The molecule has 0 radical (unpaired) electrons. The minimum Gasteiger partial charge on any atom is -0.494 e. The van der Waals surface area contributed by atoms with Crippen LogP contribution >= 0.6 is 0 Å². The molecular weight excluding hydrogens is 262 g/mol. The maximum Gasteiger partial charge on any atom is 0.119 e. The molecule has 0 aliphatic carbocycles. The summed E-state index contributed by atoms with van der Waals surface area (Å²) < 4.78 is 5.48. The molecule has 1 unspecified atom stereocenters. The Kier molecular flexibility index (Phi) is 5.78. The molecule has 3 heteroatoms. The third kappa shape index (κ3) is 4.59. The molecule has 112 valence electrons. The van der Waals surface area contributed by atoms with Crippen LogP contribution in [0.4, 0.5) is 0 Å². The summed E-state index contributed by atoms with van der Waals surface area (Å²) in [4.78, 5) is 0. The van der Waals surface area contributed by atoms with Crippen molar-refractivity contribution in [2.45, 2.75) is 26.5 Å². The molecule has 21 heavy (non-hydrogen) atoms. The van der Waals surface area contributed by atoms with Crippen molar-refractivity contribution in [1.29, 1.82) is 0 Å². The van der Waals surface area contributed by atoms with Gasteiger partial charge in [0.25, 0.3) is 0 Å². The van der Waals surface area contributed by atoms with Crippen LogP contribution in [0.25, 0.3) is 0 Å². The summed E-state index contributed by atoms with van der Waals surface area (Å²) in [7, 11) is 0. The summed E-state index contributed by atoms with van der Waals surface area (Å²) in [6, 6.07) is 15.9. The van der Waals surface area contributed by atoms with Gasteiger partial charge in [0.15, 0.2) is 0 Å². The molecule has 0 fully saturated rings. The van der Waals surface area contributed by atoms with Gasteiger partial charge in [-0.25, -0.2) is 0 Å². The largest absolute Gasteiger partial charge is 0.494 e. The number of hydrogen-bond donors (Lipinski definition) is 2. The first-order valence-electron chi connectivity index (χ1n) is 7.36. The zero-order chi connectivity index (χ0) is 15.1. The van der Waals surface area contributed by atoms with E-state index in [1.54, 1.807) is 0 Å². The molecule has 3 nitrogen and oxygen atoms in total. The fourth-order valence-electron chi connectivity index (χ4n) is 2.34. The van der Waals surface area contributed by atoms with Crippen LogP contribution in [0.15, 0.2) is 48.5 Å². The first-order valence-corrected chi connectivity index (χ1v) is 7.36. The summed E-state index contributed by atoms with van der Waals surface area (Å²) >= 11 is 0. The lowest BCUT2D eigenvalue weighted by molar-refractivity contribution is 0.173. The molecule has 2 aromatic carbocycles. The zero-order valence-corrected chi connectivity index (χ0v) is 12.7. The number of hydrogen-bond acceptors (Lipinski definition) is 3. The van der Waals surface area contributed by atoms with Crippen LogP contribution in [0.3, 0.4) is 0 Å². The van der Waals surface area contributed by atoms with Crippen LogP contribution in [0, 0.1) is 6.92 Å². The number of ether oxygens (including phenoxy) is 1. The molecular formula is C18H23NO2. The molecule has 0 aliphatic heterocycles. The van der Waals surface area contributed by atoms with Crippen LogP contribution in [0.2, 0.25) is 0 Å².